The van der Waals surface area contributed by atoms with Crippen molar-refractivity contribution in [3.8, 4) is 22.6 Å². The topological polar surface area (TPSA) is 73.1 Å². The Labute approximate surface area is 261 Å². The Hall–Kier alpha value is -4.82. The van der Waals surface area contributed by atoms with E-state index in [0.29, 0.717) is 27.8 Å². The van der Waals surface area contributed by atoms with E-state index in [1.165, 1.54) is 17.3 Å². The summed E-state index contributed by atoms with van der Waals surface area (Å²) in [6.45, 7) is 7.89. The molecular formula is C36H33N3O4S. The Balaban J connectivity index is 1.39. The largest absolute Gasteiger partial charge is 0.496 e. The van der Waals surface area contributed by atoms with Gasteiger partial charge in [0.25, 0.3) is 5.91 Å². The standard InChI is InChI=1S/C36H33N3O4S/c1-6-43-35(41)33-23(3)37-36-39(34(33)28-14-10-11-15-30(28)42-5)32(40)21-31(44-36)29-20-22(2)38(24(29)4)27-18-16-26(17-19-27)25-12-8-7-9-13-25/h7-21,34H,6H2,1-5H3. The number of rotatable bonds is 7. The average molecular weight is 604 g/mol. The lowest BCUT2D eigenvalue weighted by Gasteiger charge is -2.38. The van der Waals surface area contributed by atoms with Crippen molar-refractivity contribution in [3.05, 3.63) is 125 Å². The fraction of sp³-hybridized carbons (Fsp3) is 0.194. The molecule has 0 fully saturated rings. The van der Waals surface area contributed by atoms with Gasteiger partial charge in [0, 0.05) is 39.2 Å². The molecule has 1 unspecified atom stereocenters. The summed E-state index contributed by atoms with van der Waals surface area (Å²) in [5.74, 6) is -0.194. The molecule has 3 heterocycles. The first-order valence-electron chi connectivity index (χ1n) is 14.5. The maximum atomic E-state index is 14.0. The van der Waals surface area contributed by atoms with Crippen LogP contribution >= 0.6 is 11.8 Å². The van der Waals surface area contributed by atoms with Gasteiger partial charge in [-0.2, -0.15) is 0 Å². The van der Waals surface area contributed by atoms with Crippen LogP contribution in [0.15, 0.2) is 107 Å². The van der Waals surface area contributed by atoms with Crippen LogP contribution in [-0.4, -0.2) is 40.2 Å². The number of ether oxygens (including phenoxy) is 2. The molecule has 1 amide bonds. The van der Waals surface area contributed by atoms with Crippen LogP contribution in [0.25, 0.3) is 21.7 Å². The summed E-state index contributed by atoms with van der Waals surface area (Å²) in [7, 11) is 1.58. The quantitative estimate of drug-likeness (QED) is 0.203. The van der Waals surface area contributed by atoms with Gasteiger partial charge in [-0.25, -0.2) is 9.79 Å². The molecule has 2 aliphatic rings. The number of methoxy groups -OCH3 is 1. The second-order valence-electron chi connectivity index (χ2n) is 10.6. The van der Waals surface area contributed by atoms with Crippen molar-refractivity contribution in [1.29, 1.82) is 0 Å². The highest BCUT2D eigenvalue weighted by Gasteiger charge is 2.43. The van der Waals surface area contributed by atoms with E-state index < -0.39 is 12.0 Å². The number of carbonyl (C=O) groups is 2. The number of thioether (sulfide) groups is 1. The summed E-state index contributed by atoms with van der Waals surface area (Å²) in [6, 6.07) is 27.6. The number of allylic oxidation sites excluding steroid dienone is 1. The van der Waals surface area contributed by atoms with Crippen molar-refractivity contribution in [2.75, 3.05) is 13.7 Å². The van der Waals surface area contributed by atoms with Crippen molar-refractivity contribution >= 4 is 33.7 Å². The Bertz CT molecular complexity index is 1850. The predicted octanol–water partition coefficient (Wildman–Crippen LogP) is 7.63. The van der Waals surface area contributed by atoms with Gasteiger partial charge in [-0.15, -0.1) is 0 Å². The van der Waals surface area contributed by atoms with Crippen molar-refractivity contribution in [3.63, 3.8) is 0 Å². The van der Waals surface area contributed by atoms with Crippen LogP contribution in [0, 0.1) is 13.8 Å². The fourth-order valence-electron chi connectivity index (χ4n) is 5.93. The first-order chi connectivity index (χ1) is 21.3. The Morgan fingerprint density at radius 2 is 1.61 bits per heavy atom. The summed E-state index contributed by atoms with van der Waals surface area (Å²) in [4.78, 5) is 34.4. The summed E-state index contributed by atoms with van der Waals surface area (Å²) in [5.41, 5.74) is 7.92. The van der Waals surface area contributed by atoms with Crippen LogP contribution in [0.2, 0.25) is 0 Å². The van der Waals surface area contributed by atoms with E-state index in [1.807, 2.05) is 42.5 Å². The van der Waals surface area contributed by atoms with Gasteiger partial charge < -0.3 is 14.0 Å². The Morgan fingerprint density at radius 1 is 0.932 bits per heavy atom. The lowest BCUT2D eigenvalue weighted by molar-refractivity contribution is -0.139. The van der Waals surface area contributed by atoms with Crippen LogP contribution in [0.4, 0.5) is 0 Å². The maximum Gasteiger partial charge on any atom is 0.338 e. The van der Waals surface area contributed by atoms with Crippen molar-refractivity contribution in [2.45, 2.75) is 33.7 Å². The molecule has 0 radical (unpaired) electrons. The van der Waals surface area contributed by atoms with E-state index in [-0.39, 0.29) is 12.5 Å². The molecule has 0 aliphatic carbocycles. The summed E-state index contributed by atoms with van der Waals surface area (Å²) < 4.78 is 13.3. The molecule has 1 atom stereocenters. The fourth-order valence-corrected chi connectivity index (χ4v) is 7.08. The molecule has 1 aromatic heterocycles. The van der Waals surface area contributed by atoms with E-state index in [0.717, 1.165) is 33.1 Å². The zero-order valence-corrected chi connectivity index (χ0v) is 26.1. The molecule has 8 heteroatoms. The van der Waals surface area contributed by atoms with E-state index in [4.69, 9.17) is 14.5 Å². The molecule has 0 N–H and O–H groups in total. The number of benzene rings is 3. The zero-order valence-electron chi connectivity index (χ0n) is 25.3. The lowest BCUT2D eigenvalue weighted by atomic mass is 9.93. The number of carbonyl (C=O) groups excluding carboxylic acids is 2. The first kappa shape index (κ1) is 29.3. The summed E-state index contributed by atoms with van der Waals surface area (Å²) >= 11 is 1.42. The molecule has 44 heavy (non-hydrogen) atoms. The van der Waals surface area contributed by atoms with Gasteiger partial charge in [0.05, 0.1) is 25.0 Å². The van der Waals surface area contributed by atoms with Crippen LogP contribution in [-0.2, 0) is 14.3 Å². The number of aryl methyl sites for hydroxylation is 1. The monoisotopic (exact) mass is 603 g/mol. The SMILES string of the molecule is CCOC(=O)C1=C(C)N=C2SC(c3cc(C)n(-c4ccc(-c5ccccc5)cc4)c3C)=CC(=O)N2C1c1ccccc1OC. The van der Waals surface area contributed by atoms with Crippen LogP contribution in [0.3, 0.4) is 0 Å². The third kappa shape index (κ3) is 5.15. The number of amidine groups is 1. The van der Waals surface area contributed by atoms with Gasteiger partial charge in [-0.1, -0.05) is 72.4 Å². The van der Waals surface area contributed by atoms with Gasteiger partial charge in [-0.3, -0.25) is 9.69 Å². The second-order valence-corrected chi connectivity index (χ2v) is 11.6. The molecular weight excluding hydrogens is 570 g/mol. The van der Waals surface area contributed by atoms with E-state index in [9.17, 15) is 9.59 Å². The van der Waals surface area contributed by atoms with Crippen LogP contribution in [0.1, 0.15) is 42.4 Å². The maximum absolute atomic E-state index is 14.0. The lowest BCUT2D eigenvalue weighted by Crippen LogP contribution is -2.44. The van der Waals surface area contributed by atoms with Crippen molar-refractivity contribution in [1.82, 2.24) is 9.47 Å². The molecule has 6 rings (SSSR count). The Morgan fingerprint density at radius 3 is 2.32 bits per heavy atom. The van der Waals surface area contributed by atoms with Crippen molar-refractivity contribution in [2.24, 2.45) is 4.99 Å². The third-order valence-corrected chi connectivity index (χ3v) is 8.97. The second kappa shape index (κ2) is 12.1. The molecule has 0 bridgehead atoms. The normalized spacial score (nSPS) is 16.3. The van der Waals surface area contributed by atoms with Gasteiger partial charge in [0.15, 0.2) is 5.17 Å². The van der Waals surface area contributed by atoms with Crippen LogP contribution in [0.5, 0.6) is 5.75 Å². The highest BCUT2D eigenvalue weighted by atomic mass is 32.2. The molecule has 0 spiro atoms. The number of aromatic nitrogens is 1. The van der Waals surface area contributed by atoms with Gasteiger partial charge in [-0.05, 0) is 63.1 Å². The number of para-hydroxylation sites is 1. The number of amides is 1. The molecule has 222 valence electrons. The minimum absolute atomic E-state index is 0.210. The van der Waals surface area contributed by atoms with E-state index >= 15 is 0 Å². The van der Waals surface area contributed by atoms with Crippen molar-refractivity contribution < 1.29 is 19.1 Å². The molecule has 4 aromatic rings. The van der Waals surface area contributed by atoms with E-state index in [1.54, 1.807) is 31.9 Å². The van der Waals surface area contributed by atoms with Crippen LogP contribution < -0.4 is 4.74 Å². The number of esters is 1. The number of aliphatic imine (C=N–C) groups is 1. The minimum atomic E-state index is -0.744. The highest BCUT2D eigenvalue weighted by Crippen LogP contribution is 2.46. The molecule has 7 nitrogen and oxygen atoms in total. The summed E-state index contributed by atoms with van der Waals surface area (Å²) in [5, 5.41) is 0.506. The van der Waals surface area contributed by atoms with Gasteiger partial charge in [0.1, 0.15) is 11.8 Å². The van der Waals surface area contributed by atoms with Gasteiger partial charge >= 0.3 is 5.97 Å². The first-order valence-corrected chi connectivity index (χ1v) is 15.3. The number of hydrogen-bond donors (Lipinski definition) is 0. The zero-order chi connectivity index (χ0) is 31.0. The minimum Gasteiger partial charge on any atom is -0.496 e. The molecule has 3 aromatic carbocycles. The average Bonchev–Trinajstić information content (AvgIpc) is 3.34. The number of nitrogens with zero attached hydrogens (tertiary/aromatic N) is 3. The molecule has 0 saturated carbocycles. The number of fused-ring (bicyclic) bond motifs is 1. The van der Waals surface area contributed by atoms with E-state index in [2.05, 4.69) is 60.9 Å². The van der Waals surface area contributed by atoms with Gasteiger partial charge in [0.2, 0.25) is 0 Å². The highest BCUT2D eigenvalue weighted by molar-refractivity contribution is 8.21. The summed E-state index contributed by atoms with van der Waals surface area (Å²) in [6.07, 6.45) is 1.64. The smallest absolute Gasteiger partial charge is 0.338 e. The third-order valence-electron chi connectivity index (χ3n) is 7.94. The Kier molecular flexibility index (Phi) is 8.01. The predicted molar refractivity (Wildman–Crippen MR) is 176 cm³/mol. The molecule has 0 saturated heterocycles. The molecule has 2 aliphatic heterocycles. The number of hydrogen-bond acceptors (Lipinski definition) is 6.